The highest BCUT2D eigenvalue weighted by atomic mass is 16.2. The van der Waals surface area contributed by atoms with Gasteiger partial charge in [-0.2, -0.15) is 5.10 Å². The molecule has 1 amide bonds. The van der Waals surface area contributed by atoms with Crippen molar-refractivity contribution in [2.45, 2.75) is 20.3 Å². The number of hydrogen-bond donors (Lipinski definition) is 1. The maximum absolute atomic E-state index is 12.5. The smallest absolute Gasteiger partial charge is 0.258 e. The molecule has 2 aromatic heterocycles. The van der Waals surface area contributed by atoms with E-state index in [9.17, 15) is 9.59 Å². The van der Waals surface area contributed by atoms with Gasteiger partial charge in [-0.05, 0) is 18.4 Å². The van der Waals surface area contributed by atoms with E-state index in [1.165, 1.54) is 11.0 Å². The molecule has 0 aliphatic heterocycles. The molecule has 0 aliphatic rings. The summed E-state index contributed by atoms with van der Waals surface area (Å²) in [6, 6.07) is 3.08. The van der Waals surface area contributed by atoms with Crippen LogP contribution in [0.15, 0.2) is 29.3 Å². The Kier molecular flexibility index (Phi) is 4.26. The fourth-order valence-corrected chi connectivity index (χ4v) is 2.17. The van der Waals surface area contributed by atoms with Crippen molar-refractivity contribution in [2.24, 2.45) is 13.0 Å². The molecule has 0 bridgehead atoms. The van der Waals surface area contributed by atoms with Crippen LogP contribution in [0.4, 0.5) is 5.69 Å². The third-order valence-electron chi connectivity index (χ3n) is 3.16. The summed E-state index contributed by atoms with van der Waals surface area (Å²) in [7, 11) is 3.46. The van der Waals surface area contributed by atoms with E-state index in [0.717, 1.165) is 12.1 Å². The number of amides is 1. The van der Waals surface area contributed by atoms with E-state index in [4.69, 9.17) is 0 Å². The van der Waals surface area contributed by atoms with E-state index in [-0.39, 0.29) is 11.5 Å². The number of hydrogen-bond acceptors (Lipinski definition) is 3. The first kappa shape index (κ1) is 15.0. The minimum atomic E-state index is -0.254. The van der Waals surface area contributed by atoms with Crippen molar-refractivity contribution in [2.75, 3.05) is 11.9 Å². The molecule has 2 heterocycles. The van der Waals surface area contributed by atoms with Gasteiger partial charge in [-0.25, -0.2) is 0 Å². The van der Waals surface area contributed by atoms with Gasteiger partial charge in [-0.3, -0.25) is 14.3 Å². The highest BCUT2D eigenvalue weighted by Gasteiger charge is 2.16. The van der Waals surface area contributed by atoms with Crippen molar-refractivity contribution in [3.63, 3.8) is 0 Å². The topological polar surface area (TPSA) is 71.0 Å². The summed E-state index contributed by atoms with van der Waals surface area (Å²) in [6.45, 7) is 4.13. The standard InChI is InChI=1S/C15H20N4O2/c1-10(2)5-12-6-11(7-14(20)17-12)15(21)19(4)13-8-16-18(3)9-13/h6-10H,5H2,1-4H3,(H,17,20). The Balaban J connectivity index is 2.30. The molecule has 1 N–H and O–H groups in total. The predicted octanol–water partition coefficient (Wildman–Crippen LogP) is 1.58. The lowest BCUT2D eigenvalue weighted by atomic mass is 10.1. The number of aryl methyl sites for hydroxylation is 1. The van der Waals surface area contributed by atoms with Gasteiger partial charge in [0.2, 0.25) is 5.56 Å². The first-order valence-corrected chi connectivity index (χ1v) is 6.86. The normalized spacial score (nSPS) is 10.9. The van der Waals surface area contributed by atoms with Crippen molar-refractivity contribution < 1.29 is 4.79 Å². The zero-order chi connectivity index (χ0) is 15.6. The Morgan fingerprint density at radius 2 is 2.14 bits per heavy atom. The number of rotatable bonds is 4. The second-order valence-electron chi connectivity index (χ2n) is 5.59. The van der Waals surface area contributed by atoms with Gasteiger partial charge in [0, 0.05) is 37.6 Å². The van der Waals surface area contributed by atoms with E-state index < -0.39 is 0 Å². The Morgan fingerprint density at radius 1 is 1.43 bits per heavy atom. The number of carbonyl (C=O) groups is 1. The minimum Gasteiger partial charge on any atom is -0.326 e. The first-order valence-electron chi connectivity index (χ1n) is 6.86. The van der Waals surface area contributed by atoms with Gasteiger partial charge in [-0.1, -0.05) is 13.8 Å². The van der Waals surface area contributed by atoms with Crippen molar-refractivity contribution in [3.8, 4) is 0 Å². The van der Waals surface area contributed by atoms with Crippen LogP contribution >= 0.6 is 0 Å². The molecule has 2 rings (SSSR count). The summed E-state index contributed by atoms with van der Waals surface area (Å²) in [4.78, 5) is 28.5. The third kappa shape index (κ3) is 3.59. The molecule has 0 unspecified atom stereocenters. The maximum atomic E-state index is 12.5. The SMILES string of the molecule is CC(C)Cc1cc(C(=O)N(C)c2cnn(C)c2)cc(=O)[nH]1. The third-order valence-corrected chi connectivity index (χ3v) is 3.16. The Bertz CT molecular complexity index is 700. The number of nitrogens with one attached hydrogen (secondary N) is 1. The van der Waals surface area contributed by atoms with Crippen LogP contribution in [0.5, 0.6) is 0 Å². The highest BCUT2D eigenvalue weighted by molar-refractivity contribution is 6.05. The first-order chi connectivity index (χ1) is 9.86. The molecule has 6 nitrogen and oxygen atoms in total. The van der Waals surface area contributed by atoms with Gasteiger partial charge in [0.1, 0.15) is 0 Å². The van der Waals surface area contributed by atoms with Crippen LogP contribution < -0.4 is 10.5 Å². The Morgan fingerprint density at radius 3 is 2.71 bits per heavy atom. The van der Waals surface area contributed by atoms with Crippen molar-refractivity contribution in [3.05, 3.63) is 46.1 Å². The summed E-state index contributed by atoms with van der Waals surface area (Å²) in [5.74, 6) is 0.182. The van der Waals surface area contributed by atoms with Crippen LogP contribution in [0.1, 0.15) is 29.9 Å². The van der Waals surface area contributed by atoms with E-state index in [1.807, 2.05) is 0 Å². The van der Waals surface area contributed by atoms with E-state index in [2.05, 4.69) is 23.9 Å². The second-order valence-corrected chi connectivity index (χ2v) is 5.59. The van der Waals surface area contributed by atoms with Gasteiger partial charge in [0.25, 0.3) is 5.91 Å². The molecule has 0 saturated heterocycles. The van der Waals surface area contributed by atoms with Crippen LogP contribution in [-0.2, 0) is 13.5 Å². The van der Waals surface area contributed by atoms with Crippen LogP contribution in [0.2, 0.25) is 0 Å². The van der Waals surface area contributed by atoms with Crippen LogP contribution in [0, 0.1) is 5.92 Å². The van der Waals surface area contributed by atoms with Gasteiger partial charge < -0.3 is 9.88 Å². The van der Waals surface area contributed by atoms with Crippen LogP contribution in [0.3, 0.4) is 0 Å². The maximum Gasteiger partial charge on any atom is 0.258 e. The van der Waals surface area contributed by atoms with E-state index in [1.54, 1.807) is 37.2 Å². The molecule has 2 aromatic rings. The lowest BCUT2D eigenvalue weighted by molar-refractivity contribution is 0.0992. The van der Waals surface area contributed by atoms with Crippen LogP contribution in [-0.4, -0.2) is 27.7 Å². The molecule has 0 aliphatic carbocycles. The highest BCUT2D eigenvalue weighted by Crippen LogP contribution is 2.14. The molecule has 0 atom stereocenters. The number of carbonyl (C=O) groups excluding carboxylic acids is 1. The Hall–Kier alpha value is -2.37. The predicted molar refractivity (Wildman–Crippen MR) is 81.5 cm³/mol. The minimum absolute atomic E-state index is 0.223. The average Bonchev–Trinajstić information content (AvgIpc) is 2.82. The van der Waals surface area contributed by atoms with E-state index in [0.29, 0.717) is 17.2 Å². The van der Waals surface area contributed by atoms with Gasteiger partial charge in [0.05, 0.1) is 11.9 Å². The molecule has 0 fully saturated rings. The van der Waals surface area contributed by atoms with Gasteiger partial charge in [0.15, 0.2) is 0 Å². The van der Waals surface area contributed by atoms with Crippen molar-refractivity contribution in [1.82, 2.24) is 14.8 Å². The lowest BCUT2D eigenvalue weighted by Crippen LogP contribution is -2.27. The zero-order valence-corrected chi connectivity index (χ0v) is 12.8. The van der Waals surface area contributed by atoms with Crippen LogP contribution in [0.25, 0.3) is 0 Å². The Labute approximate surface area is 123 Å². The molecular weight excluding hydrogens is 268 g/mol. The monoisotopic (exact) mass is 288 g/mol. The van der Waals surface area contributed by atoms with Gasteiger partial charge in [-0.15, -0.1) is 0 Å². The second kappa shape index (κ2) is 5.95. The quantitative estimate of drug-likeness (QED) is 0.928. The number of aromatic amines is 1. The number of H-pyrrole nitrogens is 1. The molecule has 6 heteroatoms. The largest absolute Gasteiger partial charge is 0.326 e. The molecule has 21 heavy (non-hydrogen) atoms. The molecular formula is C15H20N4O2. The zero-order valence-electron chi connectivity index (χ0n) is 12.8. The summed E-state index contributed by atoms with van der Waals surface area (Å²) in [6.07, 6.45) is 4.09. The van der Waals surface area contributed by atoms with Crippen molar-refractivity contribution in [1.29, 1.82) is 0 Å². The molecule has 112 valence electrons. The molecule has 0 spiro atoms. The number of pyridine rings is 1. The summed E-state index contributed by atoms with van der Waals surface area (Å²) in [5.41, 5.74) is 1.60. The summed E-state index contributed by atoms with van der Waals surface area (Å²) in [5, 5.41) is 4.04. The summed E-state index contributed by atoms with van der Waals surface area (Å²) < 4.78 is 1.63. The molecule has 0 aromatic carbocycles. The van der Waals surface area contributed by atoms with Gasteiger partial charge >= 0.3 is 0 Å². The molecule has 0 radical (unpaired) electrons. The van der Waals surface area contributed by atoms with Crippen molar-refractivity contribution >= 4 is 11.6 Å². The summed E-state index contributed by atoms with van der Waals surface area (Å²) >= 11 is 0. The molecule has 0 saturated carbocycles. The number of nitrogens with zero attached hydrogens (tertiary/aromatic N) is 3. The fourth-order valence-electron chi connectivity index (χ4n) is 2.17. The van der Waals surface area contributed by atoms with E-state index >= 15 is 0 Å². The lowest BCUT2D eigenvalue weighted by Gasteiger charge is -2.15. The number of aromatic nitrogens is 3. The fraction of sp³-hybridized carbons (Fsp3) is 0.400. The number of anilines is 1. The average molecular weight is 288 g/mol.